The highest BCUT2D eigenvalue weighted by Crippen LogP contribution is 2.34. The molecule has 26 heavy (non-hydrogen) atoms. The van der Waals surface area contributed by atoms with E-state index in [-0.39, 0.29) is 22.5 Å². The quantitative estimate of drug-likeness (QED) is 0.487. The molecule has 0 saturated heterocycles. The smallest absolute Gasteiger partial charge is 0.305 e. The summed E-state index contributed by atoms with van der Waals surface area (Å²) in [5.41, 5.74) is -0.939. The van der Waals surface area contributed by atoms with Gasteiger partial charge in [-0.15, -0.1) is 0 Å². The average molecular weight is 396 g/mol. The first kappa shape index (κ1) is 18.1. The molecule has 0 aliphatic carbocycles. The summed E-state index contributed by atoms with van der Waals surface area (Å²) in [6.45, 7) is 0. The molecule has 0 aliphatic heterocycles. The van der Waals surface area contributed by atoms with Crippen LogP contribution in [0, 0.1) is 0 Å². The SMILES string of the molecule is O=c1[nH]c(-c2ccccc2S(=O)(=O)O)c(-c2ccccc2S(=O)(=O)O)[nH]1. The maximum Gasteiger partial charge on any atom is 0.323 e. The Balaban J connectivity index is 2.38. The van der Waals surface area contributed by atoms with Gasteiger partial charge in [-0.05, 0) is 12.1 Å². The van der Waals surface area contributed by atoms with Gasteiger partial charge < -0.3 is 9.97 Å². The highest BCUT2D eigenvalue weighted by atomic mass is 32.2. The van der Waals surface area contributed by atoms with Crippen molar-refractivity contribution in [3.63, 3.8) is 0 Å². The topological polar surface area (TPSA) is 157 Å². The number of hydrogen-bond acceptors (Lipinski definition) is 5. The second-order valence-electron chi connectivity index (χ2n) is 5.27. The number of hydrogen-bond donors (Lipinski definition) is 4. The Kier molecular flexibility index (Phi) is 4.32. The summed E-state index contributed by atoms with van der Waals surface area (Å²) in [6, 6.07) is 10.7. The van der Waals surface area contributed by atoms with E-state index in [0.717, 1.165) is 12.1 Å². The minimum atomic E-state index is -4.61. The number of imidazole rings is 1. The first-order chi connectivity index (χ1) is 12.1. The molecule has 0 spiro atoms. The molecule has 4 N–H and O–H groups in total. The number of aromatic nitrogens is 2. The second-order valence-corrected chi connectivity index (χ2v) is 8.05. The van der Waals surface area contributed by atoms with Gasteiger partial charge in [-0.1, -0.05) is 36.4 Å². The summed E-state index contributed by atoms with van der Waals surface area (Å²) in [5.74, 6) is 0. The number of aromatic amines is 2. The average Bonchev–Trinajstić information content (AvgIpc) is 2.95. The van der Waals surface area contributed by atoms with E-state index in [1.54, 1.807) is 0 Å². The Morgan fingerprint density at radius 1 is 0.654 bits per heavy atom. The zero-order valence-electron chi connectivity index (χ0n) is 12.9. The van der Waals surface area contributed by atoms with Crippen LogP contribution in [0.4, 0.5) is 0 Å². The van der Waals surface area contributed by atoms with Crippen LogP contribution in [0.5, 0.6) is 0 Å². The molecule has 0 fully saturated rings. The Bertz CT molecular complexity index is 1160. The fourth-order valence-corrected chi connectivity index (χ4v) is 3.98. The van der Waals surface area contributed by atoms with Crippen LogP contribution in [0.15, 0.2) is 63.1 Å². The van der Waals surface area contributed by atoms with Gasteiger partial charge >= 0.3 is 5.69 Å². The van der Waals surface area contributed by atoms with Gasteiger partial charge in [0, 0.05) is 11.1 Å². The predicted molar refractivity (Wildman–Crippen MR) is 91.9 cm³/mol. The summed E-state index contributed by atoms with van der Waals surface area (Å²) in [7, 11) is -9.23. The van der Waals surface area contributed by atoms with Gasteiger partial charge in [-0.25, -0.2) is 4.79 Å². The van der Waals surface area contributed by atoms with Crippen LogP contribution in [-0.2, 0) is 20.2 Å². The molecule has 9 nitrogen and oxygen atoms in total. The predicted octanol–water partition coefficient (Wildman–Crippen LogP) is 1.53. The van der Waals surface area contributed by atoms with E-state index >= 15 is 0 Å². The summed E-state index contributed by atoms with van der Waals surface area (Å²) in [5, 5.41) is 0. The van der Waals surface area contributed by atoms with Gasteiger partial charge in [0.05, 0.1) is 11.4 Å². The van der Waals surface area contributed by atoms with Crippen LogP contribution < -0.4 is 5.69 Å². The molecule has 0 aliphatic rings. The summed E-state index contributed by atoms with van der Waals surface area (Å²) < 4.78 is 65.3. The van der Waals surface area contributed by atoms with Gasteiger partial charge in [0.15, 0.2) is 0 Å². The van der Waals surface area contributed by atoms with Crippen molar-refractivity contribution in [2.75, 3.05) is 0 Å². The number of H-pyrrole nitrogens is 2. The standard InChI is InChI=1S/C15H12N2O7S2/c18-15-16-13(9-5-1-3-7-11(9)25(19,20)21)14(17-15)10-6-2-4-8-12(10)26(22,23)24/h1-8H,(H2,16,17,18)(H,19,20,21)(H,22,23,24). The van der Waals surface area contributed by atoms with Gasteiger partial charge in [-0.3, -0.25) is 9.11 Å². The van der Waals surface area contributed by atoms with Crippen molar-refractivity contribution < 1.29 is 25.9 Å². The molecule has 0 bridgehead atoms. The lowest BCUT2D eigenvalue weighted by atomic mass is 10.0. The Hall–Kier alpha value is -2.73. The lowest BCUT2D eigenvalue weighted by molar-refractivity contribution is 0.481. The largest absolute Gasteiger partial charge is 0.323 e. The van der Waals surface area contributed by atoms with Gasteiger partial charge in [0.2, 0.25) is 0 Å². The molecule has 3 aromatic rings. The molecule has 136 valence electrons. The molecule has 11 heteroatoms. The monoisotopic (exact) mass is 396 g/mol. The van der Waals surface area contributed by atoms with Crippen LogP contribution in [0.1, 0.15) is 0 Å². The zero-order chi connectivity index (χ0) is 19.1. The van der Waals surface area contributed by atoms with E-state index in [4.69, 9.17) is 0 Å². The third kappa shape index (κ3) is 3.32. The highest BCUT2D eigenvalue weighted by molar-refractivity contribution is 7.86. The Morgan fingerprint density at radius 3 is 1.35 bits per heavy atom. The molecular weight excluding hydrogens is 384 g/mol. The number of nitrogens with one attached hydrogen (secondary N) is 2. The molecule has 3 rings (SSSR count). The van der Waals surface area contributed by atoms with Gasteiger partial charge in [0.1, 0.15) is 9.79 Å². The minimum absolute atomic E-state index is 0.0477. The maximum absolute atomic E-state index is 11.8. The van der Waals surface area contributed by atoms with Gasteiger partial charge in [-0.2, -0.15) is 16.8 Å². The van der Waals surface area contributed by atoms with E-state index in [2.05, 4.69) is 9.97 Å². The molecule has 0 radical (unpaired) electrons. The van der Waals surface area contributed by atoms with Crippen molar-refractivity contribution in [3.8, 4) is 22.5 Å². The second kappa shape index (κ2) is 6.21. The van der Waals surface area contributed by atoms with Crippen molar-refractivity contribution in [3.05, 3.63) is 59.0 Å². The first-order valence-corrected chi connectivity index (χ1v) is 9.93. The van der Waals surface area contributed by atoms with Crippen molar-refractivity contribution >= 4 is 20.2 Å². The molecular formula is C15H12N2O7S2. The number of benzene rings is 2. The lowest BCUT2D eigenvalue weighted by Gasteiger charge is -2.10. The summed E-state index contributed by atoms with van der Waals surface area (Å²) in [4.78, 5) is 15.7. The van der Waals surface area contributed by atoms with E-state index in [0.29, 0.717) is 0 Å². The van der Waals surface area contributed by atoms with Crippen molar-refractivity contribution in [1.29, 1.82) is 0 Å². The van der Waals surface area contributed by atoms with Gasteiger partial charge in [0.25, 0.3) is 20.2 Å². The zero-order valence-corrected chi connectivity index (χ0v) is 14.5. The first-order valence-electron chi connectivity index (χ1n) is 7.05. The molecule has 0 saturated carbocycles. The Morgan fingerprint density at radius 2 is 1.00 bits per heavy atom. The third-order valence-corrected chi connectivity index (χ3v) is 5.42. The van der Waals surface area contributed by atoms with E-state index < -0.39 is 35.7 Å². The third-order valence-electron chi connectivity index (χ3n) is 3.60. The van der Waals surface area contributed by atoms with Crippen molar-refractivity contribution in [2.24, 2.45) is 0 Å². The normalized spacial score (nSPS) is 12.2. The van der Waals surface area contributed by atoms with Crippen LogP contribution in [-0.4, -0.2) is 35.9 Å². The molecule has 0 unspecified atom stereocenters. The van der Waals surface area contributed by atoms with Crippen LogP contribution >= 0.6 is 0 Å². The van der Waals surface area contributed by atoms with Crippen LogP contribution in [0.2, 0.25) is 0 Å². The van der Waals surface area contributed by atoms with E-state index in [9.17, 15) is 30.7 Å². The van der Waals surface area contributed by atoms with E-state index in [1.165, 1.54) is 36.4 Å². The summed E-state index contributed by atoms with van der Waals surface area (Å²) in [6.07, 6.45) is 0. The molecule has 0 atom stereocenters. The van der Waals surface area contributed by atoms with Crippen molar-refractivity contribution in [2.45, 2.75) is 9.79 Å². The van der Waals surface area contributed by atoms with Crippen LogP contribution in [0.3, 0.4) is 0 Å². The fourth-order valence-electron chi connectivity index (χ4n) is 2.58. The maximum atomic E-state index is 11.8. The molecule has 2 aromatic carbocycles. The number of rotatable bonds is 4. The summed E-state index contributed by atoms with van der Waals surface area (Å²) >= 11 is 0. The molecule has 0 amide bonds. The fraction of sp³-hybridized carbons (Fsp3) is 0. The lowest BCUT2D eigenvalue weighted by Crippen LogP contribution is -2.03. The highest BCUT2D eigenvalue weighted by Gasteiger charge is 2.24. The molecule has 1 aromatic heterocycles. The Labute approximate surface area is 147 Å². The molecule has 1 heterocycles. The minimum Gasteiger partial charge on any atom is -0.305 e. The van der Waals surface area contributed by atoms with Crippen LogP contribution in [0.25, 0.3) is 22.5 Å². The van der Waals surface area contributed by atoms with Crippen molar-refractivity contribution in [1.82, 2.24) is 9.97 Å². The van der Waals surface area contributed by atoms with E-state index in [1.807, 2.05) is 0 Å².